The topological polar surface area (TPSA) is 67.0 Å². The van der Waals surface area contributed by atoms with Gasteiger partial charge in [0.25, 0.3) is 0 Å². The lowest BCUT2D eigenvalue weighted by Gasteiger charge is -2.14. The van der Waals surface area contributed by atoms with Crippen LogP contribution < -0.4 is 5.32 Å². The highest BCUT2D eigenvalue weighted by atomic mass is 16.5. The smallest absolute Gasteiger partial charge is 0.407 e. The van der Waals surface area contributed by atoms with Crippen molar-refractivity contribution in [2.45, 2.75) is 12.3 Å². The fourth-order valence-corrected chi connectivity index (χ4v) is 4.24. The molecule has 4 aromatic rings. The summed E-state index contributed by atoms with van der Waals surface area (Å²) in [5.74, 6) is 6.28. The third-order valence-corrected chi connectivity index (χ3v) is 5.79. The molecule has 2 N–H and O–H groups in total. The first-order valence-corrected chi connectivity index (χ1v) is 11.0. The number of rotatable bonds is 5. The van der Waals surface area contributed by atoms with Crippen molar-refractivity contribution in [2.24, 2.45) is 0 Å². The third-order valence-electron chi connectivity index (χ3n) is 5.79. The molecular weight excluding hydrogens is 410 g/mol. The van der Waals surface area contributed by atoms with Crippen LogP contribution in [0.2, 0.25) is 0 Å². The molecule has 0 saturated heterocycles. The number of hydrogen-bond acceptors (Lipinski definition) is 3. The van der Waals surface area contributed by atoms with E-state index >= 15 is 0 Å². The fourth-order valence-electron chi connectivity index (χ4n) is 4.24. The summed E-state index contributed by atoms with van der Waals surface area (Å²) in [5, 5.41) is 9.89. The average molecular weight is 434 g/mol. The lowest BCUT2D eigenvalue weighted by molar-refractivity contribution is 0.143. The van der Waals surface area contributed by atoms with Crippen LogP contribution in [0.15, 0.2) is 85.1 Å². The van der Waals surface area contributed by atoms with E-state index in [-0.39, 0.29) is 5.92 Å². The molecule has 5 rings (SSSR count). The highest BCUT2D eigenvalue weighted by Gasteiger charge is 2.28. The van der Waals surface area contributed by atoms with E-state index in [1.807, 2.05) is 54.6 Å². The first-order valence-electron chi connectivity index (χ1n) is 11.0. The van der Waals surface area contributed by atoms with Gasteiger partial charge in [0.15, 0.2) is 0 Å². The molecule has 0 bridgehead atoms. The Balaban J connectivity index is 1.14. The van der Waals surface area contributed by atoms with Crippen molar-refractivity contribution in [1.29, 1.82) is 0 Å². The largest absolute Gasteiger partial charge is 0.449 e. The number of alkyl carbamates (subject to hydrolysis) is 1. The van der Waals surface area contributed by atoms with Crippen LogP contribution in [-0.4, -0.2) is 29.4 Å². The number of nitrogens with zero attached hydrogens (tertiary/aromatic N) is 1. The quantitative estimate of drug-likeness (QED) is 0.329. The number of hydrogen-bond donors (Lipinski definition) is 2. The van der Waals surface area contributed by atoms with Gasteiger partial charge in [-0.05, 0) is 22.3 Å². The Morgan fingerprint density at radius 1 is 0.939 bits per heavy atom. The fraction of sp³-hybridized carbons (Fsp3) is 0.143. The summed E-state index contributed by atoms with van der Waals surface area (Å²) in [6.45, 7) is 0.725. The van der Waals surface area contributed by atoms with Gasteiger partial charge in [0.1, 0.15) is 6.61 Å². The number of aromatic amines is 1. The second kappa shape index (κ2) is 9.46. The van der Waals surface area contributed by atoms with Gasteiger partial charge in [-0.25, -0.2) is 4.79 Å². The molecule has 0 aliphatic heterocycles. The number of carbonyl (C=O) groups is 1. The summed E-state index contributed by atoms with van der Waals surface area (Å²) in [6, 6.07) is 26.5. The normalized spacial score (nSPS) is 11.8. The van der Waals surface area contributed by atoms with E-state index in [0.29, 0.717) is 19.6 Å². The van der Waals surface area contributed by atoms with E-state index in [9.17, 15) is 4.79 Å². The van der Waals surface area contributed by atoms with E-state index in [2.05, 4.69) is 51.6 Å². The molecule has 3 aromatic carbocycles. The molecule has 5 heteroatoms. The minimum absolute atomic E-state index is 0.0560. The van der Waals surface area contributed by atoms with E-state index in [1.165, 1.54) is 22.3 Å². The Morgan fingerprint density at radius 3 is 2.33 bits per heavy atom. The van der Waals surface area contributed by atoms with Gasteiger partial charge in [0.2, 0.25) is 0 Å². The molecule has 0 atom stereocenters. The molecule has 0 fully saturated rings. The number of H-pyrrole nitrogens is 1. The number of fused-ring (bicyclic) bond motifs is 3. The summed E-state index contributed by atoms with van der Waals surface area (Å²) in [4.78, 5) is 12.3. The Bertz CT molecular complexity index is 1290. The number of benzene rings is 3. The molecule has 162 valence electrons. The standard InChI is InChI=1S/C28H23N3O2/c32-28(29-17-9-8-12-21-18-30-31-27(21)20-10-2-1-3-11-20)33-19-26-24-15-6-4-13-22(24)23-14-5-7-16-25(23)26/h1-7,10-11,13-16,18,26H,9,17,19H2,(H,29,32)(H,30,31). The van der Waals surface area contributed by atoms with Gasteiger partial charge >= 0.3 is 6.09 Å². The maximum absolute atomic E-state index is 12.3. The van der Waals surface area contributed by atoms with E-state index in [4.69, 9.17) is 4.74 Å². The summed E-state index contributed by atoms with van der Waals surface area (Å²) >= 11 is 0. The van der Waals surface area contributed by atoms with Crippen molar-refractivity contribution >= 4 is 6.09 Å². The highest BCUT2D eigenvalue weighted by Crippen LogP contribution is 2.44. The van der Waals surface area contributed by atoms with Crippen LogP contribution in [0.25, 0.3) is 22.4 Å². The second-order valence-electron chi connectivity index (χ2n) is 7.83. The van der Waals surface area contributed by atoms with Gasteiger partial charge in [0.05, 0.1) is 17.5 Å². The molecule has 0 unspecified atom stereocenters. The molecule has 0 spiro atoms. The minimum atomic E-state index is -0.424. The molecular formula is C28H23N3O2. The Labute approximate surface area is 192 Å². The maximum atomic E-state index is 12.3. The van der Waals surface area contributed by atoms with E-state index in [1.54, 1.807) is 6.20 Å². The van der Waals surface area contributed by atoms with Gasteiger partial charge in [-0.2, -0.15) is 5.10 Å². The molecule has 0 radical (unpaired) electrons. The molecule has 33 heavy (non-hydrogen) atoms. The Hall–Kier alpha value is -4.30. The van der Waals surface area contributed by atoms with Crippen molar-refractivity contribution < 1.29 is 9.53 Å². The lowest BCUT2D eigenvalue weighted by Crippen LogP contribution is -2.26. The number of nitrogens with one attached hydrogen (secondary N) is 2. The van der Waals surface area contributed by atoms with Crippen molar-refractivity contribution in [3.8, 4) is 34.2 Å². The zero-order valence-electron chi connectivity index (χ0n) is 18.0. The first-order chi connectivity index (χ1) is 16.3. The van der Waals surface area contributed by atoms with Crippen LogP contribution in [0.3, 0.4) is 0 Å². The van der Waals surface area contributed by atoms with Crippen LogP contribution in [-0.2, 0) is 4.74 Å². The van der Waals surface area contributed by atoms with Crippen molar-refractivity contribution in [1.82, 2.24) is 15.5 Å². The van der Waals surface area contributed by atoms with Crippen LogP contribution >= 0.6 is 0 Å². The Kier molecular flexibility index (Phi) is 5.90. The number of ether oxygens (including phenoxy) is 1. The van der Waals surface area contributed by atoms with Gasteiger partial charge in [-0.1, -0.05) is 90.7 Å². The summed E-state index contributed by atoms with van der Waals surface area (Å²) in [7, 11) is 0. The average Bonchev–Trinajstić information content (AvgIpc) is 3.46. The minimum Gasteiger partial charge on any atom is -0.449 e. The van der Waals surface area contributed by atoms with Crippen LogP contribution in [0.4, 0.5) is 4.79 Å². The van der Waals surface area contributed by atoms with Crippen LogP contribution in [0, 0.1) is 11.8 Å². The predicted molar refractivity (Wildman–Crippen MR) is 129 cm³/mol. The monoisotopic (exact) mass is 433 g/mol. The molecule has 1 aliphatic carbocycles. The van der Waals surface area contributed by atoms with E-state index < -0.39 is 6.09 Å². The predicted octanol–water partition coefficient (Wildman–Crippen LogP) is 5.36. The van der Waals surface area contributed by atoms with Crippen LogP contribution in [0.5, 0.6) is 0 Å². The Morgan fingerprint density at radius 2 is 1.61 bits per heavy atom. The van der Waals surface area contributed by atoms with Crippen molar-refractivity contribution in [3.05, 3.63) is 102 Å². The zero-order chi connectivity index (χ0) is 22.5. The highest BCUT2D eigenvalue weighted by molar-refractivity contribution is 5.79. The maximum Gasteiger partial charge on any atom is 0.407 e. The SMILES string of the molecule is O=C(NCCC#Cc1cn[nH]c1-c1ccccc1)OCC1c2ccccc2-c2ccccc21. The first kappa shape index (κ1) is 20.6. The molecule has 1 aliphatic rings. The summed E-state index contributed by atoms with van der Waals surface area (Å²) < 4.78 is 5.56. The third kappa shape index (κ3) is 4.37. The lowest BCUT2D eigenvalue weighted by atomic mass is 9.98. The van der Waals surface area contributed by atoms with Gasteiger partial charge in [0, 0.05) is 24.4 Å². The van der Waals surface area contributed by atoms with E-state index in [0.717, 1.165) is 16.8 Å². The molecule has 1 aromatic heterocycles. The summed E-state index contributed by atoms with van der Waals surface area (Å²) in [6.07, 6.45) is 1.81. The molecule has 5 nitrogen and oxygen atoms in total. The molecule has 0 saturated carbocycles. The van der Waals surface area contributed by atoms with Crippen molar-refractivity contribution in [2.75, 3.05) is 13.2 Å². The zero-order valence-corrected chi connectivity index (χ0v) is 18.0. The molecule has 1 amide bonds. The van der Waals surface area contributed by atoms with Crippen LogP contribution in [0.1, 0.15) is 29.0 Å². The second-order valence-corrected chi connectivity index (χ2v) is 7.83. The number of aromatic nitrogens is 2. The van der Waals surface area contributed by atoms with Gasteiger partial charge in [-0.3, -0.25) is 5.10 Å². The molecule has 1 heterocycles. The van der Waals surface area contributed by atoms with Gasteiger partial charge in [-0.15, -0.1) is 0 Å². The summed E-state index contributed by atoms with van der Waals surface area (Å²) in [5.41, 5.74) is 7.60. The van der Waals surface area contributed by atoms with Gasteiger partial charge < -0.3 is 10.1 Å². The van der Waals surface area contributed by atoms with Crippen molar-refractivity contribution in [3.63, 3.8) is 0 Å². The number of amides is 1. The number of carbonyl (C=O) groups excluding carboxylic acids is 1.